The zero-order chi connectivity index (χ0) is 46.5. The molecule has 1 saturated carbocycles. The van der Waals surface area contributed by atoms with E-state index < -0.39 is 17.3 Å². The van der Waals surface area contributed by atoms with E-state index in [9.17, 15) is 9.59 Å². The molecule has 16 nitrogen and oxygen atoms in total. The Balaban J connectivity index is 1.02. The van der Waals surface area contributed by atoms with Crippen molar-refractivity contribution >= 4 is 27.7 Å². The van der Waals surface area contributed by atoms with Gasteiger partial charge in [0.2, 0.25) is 0 Å². The van der Waals surface area contributed by atoms with Crippen LogP contribution in [0.5, 0.6) is 5.75 Å². The Bertz CT molecular complexity index is 3510. The summed E-state index contributed by atoms with van der Waals surface area (Å²) in [5.41, 5.74) is 5.55. The molecule has 8 aromatic rings. The summed E-state index contributed by atoms with van der Waals surface area (Å²) >= 11 is 0. The fraction of sp³-hybridized carbons (Fsp3) is 0.380. The van der Waals surface area contributed by atoms with E-state index in [0.717, 1.165) is 46.0 Å². The minimum atomic E-state index is -0.887. The van der Waals surface area contributed by atoms with Crippen LogP contribution in [-0.4, -0.2) is 80.0 Å². The quantitative estimate of drug-likeness (QED) is 0.181. The van der Waals surface area contributed by atoms with Gasteiger partial charge < -0.3 is 18.9 Å². The van der Waals surface area contributed by atoms with Gasteiger partial charge in [0, 0.05) is 66.2 Å². The molecule has 0 unspecified atom stereocenters. The minimum absolute atomic E-state index is 0.0170. The number of aryl methyl sites for hydroxylation is 3. The van der Waals surface area contributed by atoms with Crippen LogP contribution in [0.4, 0.5) is 4.39 Å². The first-order chi connectivity index (χ1) is 32.1. The molecule has 0 radical (unpaired) electrons. The van der Waals surface area contributed by atoms with Crippen LogP contribution in [0.25, 0.3) is 44.4 Å². The number of halogens is 1. The van der Waals surface area contributed by atoms with Crippen LogP contribution >= 0.6 is 0 Å². The predicted octanol–water partition coefficient (Wildman–Crippen LogP) is 7.12. The normalized spacial score (nSPS) is 23.0. The number of benzene rings is 3. The molecule has 17 heteroatoms. The number of ether oxygens (including phenoxy) is 2. The third-order valence-electron chi connectivity index (χ3n) is 15.1. The largest absolute Gasteiger partial charge is 0.492 e. The Morgan fingerprint density at radius 3 is 2.49 bits per heavy atom. The fourth-order valence-electron chi connectivity index (χ4n) is 11.7. The van der Waals surface area contributed by atoms with Gasteiger partial charge in [-0.05, 0) is 113 Å². The molecule has 3 aliphatic heterocycles. The Morgan fingerprint density at radius 1 is 0.970 bits per heavy atom. The van der Waals surface area contributed by atoms with E-state index in [1.165, 1.54) is 17.1 Å². The van der Waals surface area contributed by atoms with E-state index >= 15 is 9.18 Å². The number of carbonyl (C=O) groups is 1. The SMILES string of the molecule is Cc1cc(-n2nc3c(c2-c2cncn(-c4ccc5c(cnn5C)c4)c2=O)[C@H](C)N(C(=O)c2cc4cc5c(cc4n2[C@@]2(c4noc(=O)[nH]4)C[C@@H]2C)OC[C@@]52CCOC(C)(C)C2)CC3)cc(C)c1F. The molecule has 1 aliphatic carbocycles. The van der Waals surface area contributed by atoms with Gasteiger partial charge in [-0.15, -0.1) is 0 Å². The van der Waals surface area contributed by atoms with Crippen LogP contribution in [0.1, 0.15) is 97.3 Å². The number of hydrogen-bond donors (Lipinski definition) is 1. The lowest BCUT2D eigenvalue weighted by atomic mass is 9.70. The zero-order valence-electron chi connectivity index (χ0n) is 38.3. The van der Waals surface area contributed by atoms with Crippen LogP contribution in [0.2, 0.25) is 0 Å². The molecular formula is C50H49FN10O6. The first kappa shape index (κ1) is 41.3. The molecule has 342 valence electrons. The average molecular weight is 905 g/mol. The molecule has 3 aromatic carbocycles. The van der Waals surface area contributed by atoms with Gasteiger partial charge in [-0.3, -0.25) is 28.3 Å². The summed E-state index contributed by atoms with van der Waals surface area (Å²) in [5, 5.41) is 15.5. The zero-order valence-corrected chi connectivity index (χ0v) is 38.3. The number of nitrogens with one attached hydrogen (secondary N) is 1. The van der Waals surface area contributed by atoms with Crippen molar-refractivity contribution in [2.24, 2.45) is 13.0 Å². The molecule has 1 saturated heterocycles. The average Bonchev–Trinajstić information content (AvgIpc) is 3.90. The van der Waals surface area contributed by atoms with Gasteiger partial charge >= 0.3 is 5.76 Å². The van der Waals surface area contributed by atoms with Crippen molar-refractivity contribution < 1.29 is 23.2 Å². The third kappa shape index (κ3) is 6.02. The molecule has 67 heavy (non-hydrogen) atoms. The lowest BCUT2D eigenvalue weighted by Gasteiger charge is -2.42. The standard InChI is InChI=1S/C50H49FN10O6/c1-26-14-33(15-27(2)42(26)51)61-43(34-22-52-25-59(44(34)62)32-8-9-37-31(16-32)21-53-57(37)7)41-29(4)58(12-10-36(41)55-61)45(63)39-18-30-17-35-40(65-24-49(35)11-13-66-48(5,6)23-49)19-38(30)60(39)50(20-28(50)3)46-54-47(64)67-56-46/h8-9,14-19,21-22,25,28-29H,10-13,20,23-24H2,1-7H3,(H,54,56,64)/t28-,29-,49-,50-/m0/s1. The Hall–Kier alpha value is -7.14. The predicted molar refractivity (Wildman–Crippen MR) is 246 cm³/mol. The number of nitrogens with zero attached hydrogens (tertiary/aromatic N) is 9. The number of aromatic nitrogens is 9. The van der Waals surface area contributed by atoms with E-state index in [0.29, 0.717) is 83.6 Å². The number of hydrogen-bond acceptors (Lipinski definition) is 10. The number of rotatable bonds is 6. The van der Waals surface area contributed by atoms with Crippen LogP contribution in [0.15, 0.2) is 81.4 Å². The van der Waals surface area contributed by atoms with Crippen molar-refractivity contribution in [2.75, 3.05) is 19.8 Å². The number of H-pyrrole nitrogens is 1. The summed E-state index contributed by atoms with van der Waals surface area (Å²) in [6, 6.07) is 14.7. The summed E-state index contributed by atoms with van der Waals surface area (Å²) in [7, 11) is 1.86. The number of carbonyl (C=O) groups excluding carboxylic acids is 1. The van der Waals surface area contributed by atoms with E-state index in [4.69, 9.17) is 19.1 Å². The molecule has 4 aliphatic rings. The second-order valence-electron chi connectivity index (χ2n) is 19.8. The van der Waals surface area contributed by atoms with E-state index in [1.54, 1.807) is 41.5 Å². The summed E-state index contributed by atoms with van der Waals surface area (Å²) in [5.74, 6) is -0.148. The van der Waals surface area contributed by atoms with Crippen molar-refractivity contribution in [3.8, 4) is 28.4 Å². The highest BCUT2D eigenvalue weighted by molar-refractivity contribution is 6.00. The monoisotopic (exact) mass is 904 g/mol. The van der Waals surface area contributed by atoms with Crippen LogP contribution in [0, 0.1) is 25.6 Å². The van der Waals surface area contributed by atoms with Gasteiger partial charge in [-0.1, -0.05) is 12.1 Å². The van der Waals surface area contributed by atoms with Crippen molar-refractivity contribution in [3.05, 3.63) is 133 Å². The van der Waals surface area contributed by atoms with Gasteiger partial charge in [-0.2, -0.15) is 10.2 Å². The molecule has 1 N–H and O–H groups in total. The fourth-order valence-corrected chi connectivity index (χ4v) is 11.7. The molecule has 12 rings (SSSR count). The summed E-state index contributed by atoms with van der Waals surface area (Å²) < 4.78 is 40.0. The van der Waals surface area contributed by atoms with Gasteiger partial charge in [0.15, 0.2) is 5.82 Å². The van der Waals surface area contributed by atoms with Crippen LogP contribution in [-0.2, 0) is 29.2 Å². The number of fused-ring (bicyclic) bond motifs is 5. The molecule has 2 fully saturated rings. The van der Waals surface area contributed by atoms with Crippen LogP contribution < -0.4 is 16.1 Å². The molecule has 8 heterocycles. The first-order valence-corrected chi connectivity index (χ1v) is 22.8. The molecule has 4 atom stereocenters. The highest BCUT2D eigenvalue weighted by Crippen LogP contribution is 2.57. The Labute approximate surface area is 382 Å². The Kier molecular flexibility index (Phi) is 8.74. The van der Waals surface area contributed by atoms with E-state index in [2.05, 4.69) is 47.1 Å². The number of amides is 1. The minimum Gasteiger partial charge on any atom is -0.492 e. The molecular weight excluding hydrogens is 856 g/mol. The maximum absolute atomic E-state index is 15.7. The lowest BCUT2D eigenvalue weighted by Crippen LogP contribution is -2.44. The first-order valence-electron chi connectivity index (χ1n) is 22.8. The summed E-state index contributed by atoms with van der Waals surface area (Å²) in [6.45, 7) is 13.1. The second-order valence-corrected chi connectivity index (χ2v) is 19.8. The van der Waals surface area contributed by atoms with Crippen molar-refractivity contribution in [2.45, 2.75) is 89.8 Å². The summed E-state index contributed by atoms with van der Waals surface area (Å²) in [4.78, 5) is 52.4. The topological polar surface area (TPSA) is 173 Å². The molecule has 0 bridgehead atoms. The lowest BCUT2D eigenvalue weighted by molar-refractivity contribution is -0.0849. The second kappa shape index (κ2) is 14.2. The summed E-state index contributed by atoms with van der Waals surface area (Å²) in [6.07, 6.45) is 7.34. The number of aromatic amines is 1. The van der Waals surface area contributed by atoms with Crippen molar-refractivity contribution in [3.63, 3.8) is 0 Å². The highest BCUT2D eigenvalue weighted by atomic mass is 19.1. The van der Waals surface area contributed by atoms with Gasteiger partial charge in [0.05, 0.1) is 63.8 Å². The van der Waals surface area contributed by atoms with Crippen molar-refractivity contribution in [1.29, 1.82) is 0 Å². The maximum Gasteiger partial charge on any atom is 0.438 e. The van der Waals surface area contributed by atoms with E-state index in [1.807, 2.05) is 53.8 Å². The Morgan fingerprint density at radius 2 is 1.76 bits per heavy atom. The molecule has 1 amide bonds. The van der Waals surface area contributed by atoms with E-state index in [-0.39, 0.29) is 39.8 Å². The van der Waals surface area contributed by atoms with Gasteiger partial charge in [0.1, 0.15) is 29.1 Å². The van der Waals surface area contributed by atoms with Gasteiger partial charge in [0.25, 0.3) is 11.5 Å². The highest BCUT2D eigenvalue weighted by Gasteiger charge is 2.59. The van der Waals surface area contributed by atoms with Crippen molar-refractivity contribution in [1.82, 2.24) is 48.7 Å². The van der Waals surface area contributed by atoms with Gasteiger partial charge in [-0.25, -0.2) is 18.9 Å². The maximum atomic E-state index is 15.7. The molecule has 5 aromatic heterocycles. The van der Waals surface area contributed by atoms with Crippen LogP contribution in [0.3, 0.4) is 0 Å². The third-order valence-corrected chi connectivity index (χ3v) is 15.1. The smallest absolute Gasteiger partial charge is 0.438 e. The molecule has 1 spiro atoms.